The fourth-order valence-electron chi connectivity index (χ4n) is 3.25. The second kappa shape index (κ2) is 11.4. The van der Waals surface area contributed by atoms with Gasteiger partial charge in [-0.25, -0.2) is 4.79 Å². The van der Waals surface area contributed by atoms with Gasteiger partial charge in [0.05, 0.1) is 17.9 Å². The molecule has 1 aliphatic rings. The molecular formula is C25H32N2O8Si. The van der Waals surface area contributed by atoms with Crippen LogP contribution in [0.2, 0.25) is 25.7 Å². The van der Waals surface area contributed by atoms with Crippen molar-refractivity contribution in [2.45, 2.75) is 52.1 Å². The van der Waals surface area contributed by atoms with E-state index in [4.69, 9.17) is 14.6 Å². The highest BCUT2D eigenvalue weighted by molar-refractivity contribution is 6.76. The van der Waals surface area contributed by atoms with Crippen LogP contribution >= 0.6 is 0 Å². The first-order chi connectivity index (χ1) is 16.6. The number of hydrogen-bond donors (Lipinski definition) is 1. The van der Waals surface area contributed by atoms with Gasteiger partial charge in [-0.1, -0.05) is 25.6 Å². The van der Waals surface area contributed by atoms with Crippen molar-refractivity contribution in [3.8, 4) is 11.8 Å². The monoisotopic (exact) mass is 516 g/mol. The van der Waals surface area contributed by atoms with E-state index in [0.717, 1.165) is 15.8 Å². The largest absolute Gasteiger partial charge is 0.472 e. The average molecular weight is 517 g/mol. The van der Waals surface area contributed by atoms with Crippen LogP contribution in [0.1, 0.15) is 36.7 Å². The van der Waals surface area contributed by atoms with Crippen molar-refractivity contribution in [2.75, 3.05) is 31.1 Å². The molecule has 0 spiro atoms. The molecule has 1 aromatic carbocycles. The van der Waals surface area contributed by atoms with Crippen molar-refractivity contribution in [3.63, 3.8) is 0 Å². The van der Waals surface area contributed by atoms with Crippen LogP contribution in [0.15, 0.2) is 18.2 Å². The maximum Gasteiger partial charge on any atom is 0.382 e. The number of amides is 2. The van der Waals surface area contributed by atoms with Gasteiger partial charge in [0.25, 0.3) is 5.91 Å². The molecule has 1 heterocycles. The molecule has 0 aromatic heterocycles. The van der Waals surface area contributed by atoms with Gasteiger partial charge < -0.3 is 19.5 Å². The standard InChI is InChI=1S/C25H32N2O8Si/c1-25(2,3)35-23(32)16-27-19-9-7-17(8-10-21(29)30)13-18(19)24(33)26(14-20(27)28)15-22(31)34-11-12-36(4,5)6/h7,9,13H,11-12,14-16H2,1-6H3,(H,29,30). The van der Waals surface area contributed by atoms with Crippen molar-refractivity contribution < 1.29 is 38.6 Å². The van der Waals surface area contributed by atoms with Crippen LogP contribution < -0.4 is 4.90 Å². The van der Waals surface area contributed by atoms with E-state index >= 15 is 0 Å². The van der Waals surface area contributed by atoms with Gasteiger partial charge in [-0.05, 0) is 45.0 Å². The number of fused-ring (bicyclic) bond motifs is 1. The molecule has 2 amide bonds. The minimum Gasteiger partial charge on any atom is -0.472 e. The van der Waals surface area contributed by atoms with Crippen molar-refractivity contribution in [1.82, 2.24) is 4.90 Å². The number of carbonyl (C=O) groups excluding carboxylic acids is 4. The lowest BCUT2D eigenvalue weighted by molar-refractivity contribution is -0.153. The maximum atomic E-state index is 13.4. The summed E-state index contributed by atoms with van der Waals surface area (Å²) in [7, 11) is -1.44. The summed E-state index contributed by atoms with van der Waals surface area (Å²) in [6.07, 6.45) is 0. The van der Waals surface area contributed by atoms with E-state index in [1.807, 2.05) is 5.92 Å². The molecule has 0 fully saturated rings. The Bertz CT molecular complexity index is 1120. The number of nitrogens with zero attached hydrogens (tertiary/aromatic N) is 2. The van der Waals surface area contributed by atoms with Crippen LogP contribution in [-0.2, 0) is 28.7 Å². The van der Waals surface area contributed by atoms with Crippen molar-refractivity contribution in [1.29, 1.82) is 0 Å². The minimum absolute atomic E-state index is 0.00324. The molecule has 0 radical (unpaired) electrons. The second-order valence-electron chi connectivity index (χ2n) is 10.5. The highest BCUT2D eigenvalue weighted by Crippen LogP contribution is 2.27. The van der Waals surface area contributed by atoms with E-state index in [1.165, 1.54) is 18.2 Å². The number of carboxylic acids is 1. The number of esters is 2. The third kappa shape index (κ3) is 8.85. The summed E-state index contributed by atoms with van der Waals surface area (Å²) < 4.78 is 10.6. The van der Waals surface area contributed by atoms with Crippen LogP contribution in [0.4, 0.5) is 5.69 Å². The summed E-state index contributed by atoms with van der Waals surface area (Å²) in [5, 5.41) is 8.84. The van der Waals surface area contributed by atoms with Gasteiger partial charge in [-0.15, -0.1) is 0 Å². The number of carbonyl (C=O) groups is 5. The fourth-order valence-corrected chi connectivity index (χ4v) is 3.96. The number of hydrogen-bond acceptors (Lipinski definition) is 7. The zero-order valence-corrected chi connectivity index (χ0v) is 22.5. The van der Waals surface area contributed by atoms with E-state index in [0.29, 0.717) is 0 Å². The molecule has 11 heteroatoms. The summed E-state index contributed by atoms with van der Waals surface area (Å²) in [5.41, 5.74) is -0.441. The molecule has 0 saturated carbocycles. The topological polar surface area (TPSA) is 131 Å². The first kappa shape index (κ1) is 28.6. The lowest BCUT2D eigenvalue weighted by Crippen LogP contribution is -2.44. The Balaban J connectivity index is 2.38. The van der Waals surface area contributed by atoms with Gasteiger partial charge in [-0.3, -0.25) is 24.1 Å². The van der Waals surface area contributed by atoms with Gasteiger partial charge in [0.2, 0.25) is 5.91 Å². The molecule has 0 aliphatic carbocycles. The Morgan fingerprint density at radius 3 is 2.33 bits per heavy atom. The maximum absolute atomic E-state index is 13.4. The normalized spacial score (nSPS) is 13.8. The molecule has 194 valence electrons. The number of benzene rings is 1. The molecule has 1 N–H and O–H groups in total. The van der Waals surface area contributed by atoms with Gasteiger partial charge in [0.1, 0.15) is 25.2 Å². The molecule has 2 rings (SSSR count). The van der Waals surface area contributed by atoms with Crippen LogP contribution in [0, 0.1) is 11.8 Å². The molecule has 1 aromatic rings. The molecule has 0 bridgehead atoms. The van der Waals surface area contributed by atoms with Crippen LogP contribution in [0.3, 0.4) is 0 Å². The van der Waals surface area contributed by atoms with E-state index in [1.54, 1.807) is 20.8 Å². The number of aliphatic carboxylic acids is 1. The molecule has 0 atom stereocenters. The lowest BCUT2D eigenvalue weighted by Gasteiger charge is -2.25. The second-order valence-corrected chi connectivity index (χ2v) is 16.2. The Kier molecular flexibility index (Phi) is 9.04. The Morgan fingerprint density at radius 1 is 1.08 bits per heavy atom. The highest BCUT2D eigenvalue weighted by atomic mass is 28.3. The Morgan fingerprint density at radius 2 is 1.75 bits per heavy atom. The predicted molar refractivity (Wildman–Crippen MR) is 134 cm³/mol. The quantitative estimate of drug-likeness (QED) is 0.331. The molecule has 0 unspecified atom stereocenters. The Labute approximate surface area is 211 Å². The summed E-state index contributed by atoms with van der Waals surface area (Å²) in [5.74, 6) is 0.483. The fraction of sp³-hybridized carbons (Fsp3) is 0.480. The van der Waals surface area contributed by atoms with Gasteiger partial charge in [0, 0.05) is 19.6 Å². The summed E-state index contributed by atoms with van der Waals surface area (Å²) in [4.78, 5) is 64.4. The van der Waals surface area contributed by atoms with Gasteiger partial charge in [0.15, 0.2) is 0 Å². The van der Waals surface area contributed by atoms with E-state index < -0.39 is 63.0 Å². The molecular weight excluding hydrogens is 484 g/mol. The first-order valence-electron chi connectivity index (χ1n) is 11.4. The molecule has 1 aliphatic heterocycles. The van der Waals surface area contributed by atoms with Crippen LogP contribution in [0.5, 0.6) is 0 Å². The van der Waals surface area contributed by atoms with E-state index in [-0.39, 0.29) is 23.4 Å². The third-order valence-electron chi connectivity index (χ3n) is 4.89. The molecule has 0 saturated heterocycles. The number of rotatable bonds is 7. The highest BCUT2D eigenvalue weighted by Gasteiger charge is 2.35. The number of ether oxygens (including phenoxy) is 2. The van der Waals surface area contributed by atoms with Crippen molar-refractivity contribution in [2.24, 2.45) is 0 Å². The lowest BCUT2D eigenvalue weighted by atomic mass is 10.1. The van der Waals surface area contributed by atoms with Gasteiger partial charge >= 0.3 is 17.9 Å². The van der Waals surface area contributed by atoms with Crippen LogP contribution in [0.25, 0.3) is 0 Å². The zero-order chi connectivity index (χ0) is 27.3. The van der Waals surface area contributed by atoms with Crippen molar-refractivity contribution >= 4 is 43.5 Å². The smallest absolute Gasteiger partial charge is 0.382 e. The van der Waals surface area contributed by atoms with E-state index in [2.05, 4.69) is 25.6 Å². The summed E-state index contributed by atoms with van der Waals surface area (Å²) in [6, 6.07) is 4.94. The third-order valence-corrected chi connectivity index (χ3v) is 6.59. The Hall–Kier alpha value is -3.65. The van der Waals surface area contributed by atoms with Crippen LogP contribution in [-0.4, -0.2) is 79.6 Å². The minimum atomic E-state index is -1.44. The number of anilines is 1. The molecule has 10 nitrogen and oxygen atoms in total. The SMILES string of the molecule is CC(C)(C)OC(=O)CN1C(=O)CN(CC(=O)OCC[Si](C)(C)C)C(=O)c2cc(C#CC(=O)O)ccc21. The average Bonchev–Trinajstić information content (AvgIpc) is 2.80. The van der Waals surface area contributed by atoms with E-state index in [9.17, 15) is 24.0 Å². The van der Waals surface area contributed by atoms with Gasteiger partial charge in [-0.2, -0.15) is 0 Å². The summed E-state index contributed by atoms with van der Waals surface area (Å²) in [6.45, 7) is 10.3. The molecule has 36 heavy (non-hydrogen) atoms. The summed E-state index contributed by atoms with van der Waals surface area (Å²) >= 11 is 0. The number of carboxylic acid groups (broad SMARTS) is 1. The predicted octanol–water partition coefficient (Wildman–Crippen LogP) is 2.13. The van der Waals surface area contributed by atoms with Crippen molar-refractivity contribution in [3.05, 3.63) is 29.3 Å². The zero-order valence-electron chi connectivity index (χ0n) is 21.5. The first-order valence-corrected chi connectivity index (χ1v) is 15.1.